The Labute approximate surface area is 117 Å². The van der Waals surface area contributed by atoms with Crippen LogP contribution in [0, 0.1) is 34.5 Å². The van der Waals surface area contributed by atoms with E-state index in [0.717, 1.165) is 17.8 Å². The quantitative estimate of drug-likeness (QED) is 0.820. The van der Waals surface area contributed by atoms with Gasteiger partial charge in [0, 0.05) is 0 Å². The van der Waals surface area contributed by atoms with E-state index in [9.17, 15) is 9.90 Å². The summed E-state index contributed by atoms with van der Waals surface area (Å²) in [7, 11) is 0. The van der Waals surface area contributed by atoms with Crippen molar-refractivity contribution in [1.29, 1.82) is 0 Å². The molecule has 4 aliphatic carbocycles. The fourth-order valence-electron chi connectivity index (χ4n) is 6.41. The van der Waals surface area contributed by atoms with Gasteiger partial charge in [-0.1, -0.05) is 27.2 Å². The molecule has 2 unspecified atom stereocenters. The summed E-state index contributed by atoms with van der Waals surface area (Å²) in [4.78, 5) is 11.2. The van der Waals surface area contributed by atoms with E-state index in [2.05, 4.69) is 20.8 Å². The molecule has 4 fully saturated rings. The zero-order chi connectivity index (χ0) is 13.8. The first kappa shape index (κ1) is 13.5. The Kier molecular flexibility index (Phi) is 3.00. The van der Waals surface area contributed by atoms with Crippen LogP contribution in [-0.4, -0.2) is 11.1 Å². The van der Waals surface area contributed by atoms with Crippen molar-refractivity contribution in [3.63, 3.8) is 0 Å². The maximum atomic E-state index is 11.2. The summed E-state index contributed by atoms with van der Waals surface area (Å²) in [5.41, 5.74) is 0.607. The van der Waals surface area contributed by atoms with Crippen LogP contribution in [0.1, 0.15) is 65.7 Å². The highest BCUT2D eigenvalue weighted by atomic mass is 16.4. The van der Waals surface area contributed by atoms with Crippen LogP contribution in [0.3, 0.4) is 0 Å². The lowest BCUT2D eigenvalue weighted by molar-refractivity contribution is -0.152. The summed E-state index contributed by atoms with van der Waals surface area (Å²) in [6.07, 6.45) is 8.66. The average molecular weight is 264 g/mol. The molecule has 19 heavy (non-hydrogen) atoms. The monoisotopic (exact) mass is 264 g/mol. The molecule has 1 N–H and O–H groups in total. The molecule has 0 saturated heterocycles. The third-order valence-corrected chi connectivity index (χ3v) is 6.66. The number of carboxylic acid groups (broad SMARTS) is 1. The minimum Gasteiger partial charge on any atom is -0.481 e. The van der Waals surface area contributed by atoms with Gasteiger partial charge in [0.15, 0.2) is 0 Å². The number of aliphatic carboxylic acids is 1. The Bertz CT molecular complexity index is 369. The summed E-state index contributed by atoms with van der Waals surface area (Å²) in [6, 6.07) is 0. The Morgan fingerprint density at radius 2 is 1.79 bits per heavy atom. The molecule has 108 valence electrons. The molecule has 4 rings (SSSR count). The first-order valence-corrected chi connectivity index (χ1v) is 8.07. The molecule has 0 amide bonds. The van der Waals surface area contributed by atoms with E-state index in [-0.39, 0.29) is 5.41 Å². The van der Waals surface area contributed by atoms with Gasteiger partial charge in [0.1, 0.15) is 0 Å². The summed E-state index contributed by atoms with van der Waals surface area (Å²) < 4.78 is 0. The predicted molar refractivity (Wildman–Crippen MR) is 75.8 cm³/mol. The molecular formula is C17H28O2. The molecule has 0 radical (unpaired) electrons. The first-order chi connectivity index (χ1) is 8.85. The van der Waals surface area contributed by atoms with E-state index in [1.54, 1.807) is 0 Å². The first-order valence-electron chi connectivity index (χ1n) is 8.07. The molecule has 2 heteroatoms. The second-order valence-electron chi connectivity index (χ2n) is 8.41. The number of hydrogen-bond acceptors (Lipinski definition) is 1. The number of carbonyl (C=O) groups is 1. The van der Waals surface area contributed by atoms with Crippen LogP contribution < -0.4 is 0 Å². The van der Waals surface area contributed by atoms with Crippen molar-refractivity contribution in [2.45, 2.75) is 65.7 Å². The maximum absolute atomic E-state index is 11.2. The largest absolute Gasteiger partial charge is 0.481 e. The third kappa shape index (κ3) is 2.11. The van der Waals surface area contributed by atoms with Crippen LogP contribution in [0.5, 0.6) is 0 Å². The highest BCUT2D eigenvalue weighted by molar-refractivity contribution is 5.67. The van der Waals surface area contributed by atoms with Gasteiger partial charge in [-0.15, -0.1) is 0 Å². The van der Waals surface area contributed by atoms with Gasteiger partial charge in [-0.3, -0.25) is 4.79 Å². The van der Waals surface area contributed by atoms with Gasteiger partial charge in [0.05, 0.1) is 6.42 Å². The molecule has 4 bridgehead atoms. The predicted octanol–water partition coefficient (Wildman–Crippen LogP) is 4.34. The molecule has 0 aromatic carbocycles. The van der Waals surface area contributed by atoms with Gasteiger partial charge in [0.25, 0.3) is 0 Å². The molecule has 0 spiro atoms. The lowest BCUT2D eigenvalue weighted by Gasteiger charge is -2.63. The number of hydrogen-bond donors (Lipinski definition) is 1. The van der Waals surface area contributed by atoms with Crippen molar-refractivity contribution < 1.29 is 9.90 Å². The van der Waals surface area contributed by atoms with Crippen LogP contribution in [-0.2, 0) is 4.79 Å². The van der Waals surface area contributed by atoms with E-state index in [1.807, 2.05) is 0 Å². The van der Waals surface area contributed by atoms with Gasteiger partial charge in [-0.25, -0.2) is 0 Å². The van der Waals surface area contributed by atoms with E-state index in [4.69, 9.17) is 0 Å². The molecule has 0 aromatic heterocycles. The normalized spacial score (nSPS) is 44.6. The molecular weight excluding hydrogens is 236 g/mol. The van der Waals surface area contributed by atoms with Crippen molar-refractivity contribution in [1.82, 2.24) is 0 Å². The van der Waals surface area contributed by atoms with Crippen molar-refractivity contribution in [3.05, 3.63) is 0 Å². The Morgan fingerprint density at radius 3 is 2.26 bits per heavy atom. The Balaban J connectivity index is 1.84. The molecule has 0 aliphatic heterocycles. The summed E-state index contributed by atoms with van der Waals surface area (Å²) >= 11 is 0. The summed E-state index contributed by atoms with van der Waals surface area (Å²) in [5.74, 6) is 2.60. The van der Waals surface area contributed by atoms with Crippen LogP contribution in [0.15, 0.2) is 0 Å². The fourth-order valence-corrected chi connectivity index (χ4v) is 6.41. The second-order valence-corrected chi connectivity index (χ2v) is 8.41. The Hall–Kier alpha value is -0.530. The molecule has 2 nitrogen and oxygen atoms in total. The zero-order valence-electron chi connectivity index (χ0n) is 12.6. The summed E-state index contributed by atoms with van der Waals surface area (Å²) in [5, 5.41) is 9.20. The highest BCUT2D eigenvalue weighted by Gasteiger charge is 2.57. The fraction of sp³-hybridized carbons (Fsp3) is 0.941. The molecule has 0 heterocycles. The van der Waals surface area contributed by atoms with Crippen molar-refractivity contribution >= 4 is 5.97 Å². The van der Waals surface area contributed by atoms with Crippen LogP contribution >= 0.6 is 0 Å². The lowest BCUT2D eigenvalue weighted by atomic mass is 9.42. The zero-order valence-corrected chi connectivity index (χ0v) is 12.6. The topological polar surface area (TPSA) is 37.3 Å². The Morgan fingerprint density at radius 1 is 1.21 bits per heavy atom. The van der Waals surface area contributed by atoms with E-state index < -0.39 is 5.97 Å². The van der Waals surface area contributed by atoms with Crippen LogP contribution in [0.2, 0.25) is 0 Å². The molecule has 2 atom stereocenters. The van der Waals surface area contributed by atoms with Crippen molar-refractivity contribution in [2.24, 2.45) is 34.5 Å². The SMILES string of the molecule is CCC12CC3CC(C1)C(C(C)(C)CC(=O)O)C(C3)C2. The lowest BCUT2D eigenvalue weighted by Crippen LogP contribution is -2.54. The van der Waals surface area contributed by atoms with E-state index >= 15 is 0 Å². The van der Waals surface area contributed by atoms with Gasteiger partial charge in [0.2, 0.25) is 0 Å². The van der Waals surface area contributed by atoms with Crippen molar-refractivity contribution in [2.75, 3.05) is 0 Å². The smallest absolute Gasteiger partial charge is 0.303 e. The summed E-state index contributed by atoms with van der Waals surface area (Å²) in [6.45, 7) is 6.77. The highest BCUT2D eigenvalue weighted by Crippen LogP contribution is 2.66. The molecule has 4 aliphatic rings. The van der Waals surface area contributed by atoms with Gasteiger partial charge in [-0.2, -0.15) is 0 Å². The average Bonchev–Trinajstić information content (AvgIpc) is 2.25. The molecule has 0 aromatic rings. The van der Waals surface area contributed by atoms with Gasteiger partial charge < -0.3 is 5.11 Å². The van der Waals surface area contributed by atoms with E-state index in [1.165, 1.54) is 38.5 Å². The second kappa shape index (κ2) is 4.23. The number of carboxylic acids is 1. The maximum Gasteiger partial charge on any atom is 0.303 e. The van der Waals surface area contributed by atoms with Crippen molar-refractivity contribution in [3.8, 4) is 0 Å². The number of rotatable bonds is 4. The van der Waals surface area contributed by atoms with Crippen LogP contribution in [0.4, 0.5) is 0 Å². The molecule has 4 saturated carbocycles. The van der Waals surface area contributed by atoms with Crippen LogP contribution in [0.25, 0.3) is 0 Å². The van der Waals surface area contributed by atoms with Gasteiger partial charge >= 0.3 is 5.97 Å². The van der Waals surface area contributed by atoms with Gasteiger partial charge in [-0.05, 0) is 66.6 Å². The van der Waals surface area contributed by atoms with E-state index in [0.29, 0.717) is 17.8 Å². The standard InChI is InChI=1S/C17H28O2/c1-4-17-7-11-5-12(8-17)15(13(6-11)9-17)16(2,3)10-14(18)19/h11-13,15H,4-10H2,1-3H3,(H,18,19). The third-order valence-electron chi connectivity index (χ3n) is 6.66. The minimum absolute atomic E-state index is 0.0244. The minimum atomic E-state index is -0.621.